The van der Waals surface area contributed by atoms with Crippen LogP contribution in [0.25, 0.3) is 0 Å². The van der Waals surface area contributed by atoms with Gasteiger partial charge in [0.2, 0.25) is 17.8 Å². The summed E-state index contributed by atoms with van der Waals surface area (Å²) in [7, 11) is 0. The summed E-state index contributed by atoms with van der Waals surface area (Å²) < 4.78 is 0. The zero-order chi connectivity index (χ0) is 18.7. The lowest BCUT2D eigenvalue weighted by Gasteiger charge is -2.34. The molecule has 1 aromatic heterocycles. The summed E-state index contributed by atoms with van der Waals surface area (Å²) in [6.07, 6.45) is 3.11. The van der Waals surface area contributed by atoms with Crippen LogP contribution in [0.4, 0.5) is 5.95 Å². The number of aromatic nitrogens is 2. The third-order valence-corrected chi connectivity index (χ3v) is 4.91. The number of rotatable bonds is 2. The van der Waals surface area contributed by atoms with Crippen LogP contribution in [0.2, 0.25) is 0 Å². The van der Waals surface area contributed by atoms with Crippen LogP contribution in [0.5, 0.6) is 0 Å². The van der Waals surface area contributed by atoms with Crippen molar-refractivity contribution >= 4 is 23.7 Å². The maximum atomic E-state index is 12.6. The normalized spacial score (nSPS) is 18.1. The highest BCUT2D eigenvalue weighted by Crippen LogP contribution is 2.13. The second-order valence-corrected chi connectivity index (χ2v) is 6.56. The van der Waals surface area contributed by atoms with E-state index in [1.165, 1.54) is 0 Å². The summed E-state index contributed by atoms with van der Waals surface area (Å²) in [6, 6.07) is 0. The minimum Gasteiger partial charge on any atom is -0.339 e. The summed E-state index contributed by atoms with van der Waals surface area (Å²) >= 11 is 0. The van der Waals surface area contributed by atoms with Crippen LogP contribution in [0, 0.1) is 0 Å². The number of hydrogen-bond donors (Lipinski definition) is 0. The van der Waals surface area contributed by atoms with Gasteiger partial charge >= 0.3 is 0 Å². The van der Waals surface area contributed by atoms with E-state index in [4.69, 9.17) is 0 Å². The van der Waals surface area contributed by atoms with Gasteiger partial charge in [0.25, 0.3) is 5.91 Å². The molecule has 9 nitrogen and oxygen atoms in total. The highest BCUT2D eigenvalue weighted by Gasteiger charge is 2.24. The average Bonchev–Trinajstić information content (AvgIpc) is 2.67. The number of amides is 3. The lowest BCUT2D eigenvalue weighted by Crippen LogP contribution is -2.50. The molecule has 140 valence electrons. The lowest BCUT2D eigenvalue weighted by atomic mass is 10.2. The van der Waals surface area contributed by atoms with Crippen LogP contribution < -0.4 is 4.90 Å². The van der Waals surface area contributed by atoms with Crippen molar-refractivity contribution in [3.8, 4) is 0 Å². The molecule has 0 N–H and O–H groups in total. The Morgan fingerprint density at radius 3 is 1.62 bits per heavy atom. The van der Waals surface area contributed by atoms with Gasteiger partial charge in [-0.15, -0.1) is 0 Å². The highest BCUT2D eigenvalue weighted by molar-refractivity contribution is 5.94. The Bertz CT molecular complexity index is 676. The monoisotopic (exact) mass is 360 g/mol. The number of nitrogens with zero attached hydrogens (tertiary/aromatic N) is 6. The summed E-state index contributed by atoms with van der Waals surface area (Å²) in [4.78, 5) is 51.3. The van der Waals surface area contributed by atoms with Crippen molar-refractivity contribution in [3.05, 3.63) is 18.0 Å². The molecule has 2 aliphatic rings. The molecular formula is C17H24N6O3. The predicted molar refractivity (Wildman–Crippen MR) is 94.7 cm³/mol. The standard InChI is InChI=1S/C17H24N6O3/c1-13(24)20-3-7-22(8-4-20)16(26)15-11-18-17(19-12-15)23-9-5-21(6-10-23)14(2)25/h11-12H,3-10H2,1-2H3. The number of carbonyl (C=O) groups excluding carboxylic acids is 3. The molecular weight excluding hydrogens is 336 g/mol. The lowest BCUT2D eigenvalue weighted by molar-refractivity contribution is -0.130. The fourth-order valence-electron chi connectivity index (χ4n) is 3.22. The molecule has 3 amide bonds. The molecule has 3 heterocycles. The molecule has 3 rings (SSSR count). The fourth-order valence-corrected chi connectivity index (χ4v) is 3.22. The summed E-state index contributed by atoms with van der Waals surface area (Å²) in [5.74, 6) is 0.582. The Hall–Kier alpha value is -2.71. The third kappa shape index (κ3) is 3.92. The molecule has 0 unspecified atom stereocenters. The number of hydrogen-bond acceptors (Lipinski definition) is 6. The molecule has 2 aliphatic heterocycles. The third-order valence-electron chi connectivity index (χ3n) is 4.91. The van der Waals surface area contributed by atoms with Crippen molar-refractivity contribution in [2.45, 2.75) is 13.8 Å². The van der Waals surface area contributed by atoms with Gasteiger partial charge in [-0.25, -0.2) is 9.97 Å². The van der Waals surface area contributed by atoms with Gasteiger partial charge in [-0.2, -0.15) is 0 Å². The van der Waals surface area contributed by atoms with Gasteiger partial charge in [0.1, 0.15) is 0 Å². The van der Waals surface area contributed by atoms with E-state index in [0.29, 0.717) is 63.9 Å². The summed E-state index contributed by atoms with van der Waals surface area (Å²) in [5.41, 5.74) is 0.451. The Kier molecular flexibility index (Phi) is 5.34. The maximum Gasteiger partial charge on any atom is 0.257 e. The molecule has 26 heavy (non-hydrogen) atoms. The van der Waals surface area contributed by atoms with Crippen LogP contribution in [0.15, 0.2) is 12.4 Å². The van der Waals surface area contributed by atoms with Gasteiger partial charge in [-0.3, -0.25) is 14.4 Å². The van der Waals surface area contributed by atoms with E-state index in [1.807, 2.05) is 4.90 Å². The van der Waals surface area contributed by atoms with Crippen molar-refractivity contribution in [2.24, 2.45) is 0 Å². The molecule has 9 heteroatoms. The zero-order valence-electron chi connectivity index (χ0n) is 15.2. The number of carbonyl (C=O) groups is 3. The molecule has 2 fully saturated rings. The van der Waals surface area contributed by atoms with E-state index in [-0.39, 0.29) is 17.7 Å². The van der Waals surface area contributed by atoms with Crippen LogP contribution >= 0.6 is 0 Å². The van der Waals surface area contributed by atoms with E-state index in [0.717, 1.165) is 0 Å². The first-order valence-corrected chi connectivity index (χ1v) is 8.83. The molecule has 2 saturated heterocycles. The SMILES string of the molecule is CC(=O)N1CCN(C(=O)c2cnc(N3CCN(C(C)=O)CC3)nc2)CC1. The first-order chi connectivity index (χ1) is 12.5. The van der Waals surface area contributed by atoms with Crippen molar-refractivity contribution in [2.75, 3.05) is 57.3 Å². The Morgan fingerprint density at radius 1 is 0.731 bits per heavy atom. The first kappa shape index (κ1) is 18.1. The van der Waals surface area contributed by atoms with Crippen LogP contribution in [0.1, 0.15) is 24.2 Å². The quantitative estimate of drug-likeness (QED) is 0.703. The average molecular weight is 360 g/mol. The first-order valence-electron chi connectivity index (χ1n) is 8.83. The van der Waals surface area contributed by atoms with E-state index in [2.05, 4.69) is 9.97 Å². The van der Waals surface area contributed by atoms with Crippen LogP contribution in [-0.4, -0.2) is 94.7 Å². The number of piperazine rings is 2. The van der Waals surface area contributed by atoms with Gasteiger partial charge in [-0.1, -0.05) is 0 Å². The molecule has 0 saturated carbocycles. The van der Waals surface area contributed by atoms with Crippen molar-refractivity contribution in [3.63, 3.8) is 0 Å². The molecule has 0 aliphatic carbocycles. The van der Waals surface area contributed by atoms with E-state index < -0.39 is 0 Å². The van der Waals surface area contributed by atoms with Gasteiger partial charge < -0.3 is 19.6 Å². The Labute approximate surface area is 152 Å². The fraction of sp³-hybridized carbons (Fsp3) is 0.588. The van der Waals surface area contributed by atoms with E-state index in [1.54, 1.807) is 40.9 Å². The number of anilines is 1. The largest absolute Gasteiger partial charge is 0.339 e. The minimum atomic E-state index is -0.110. The van der Waals surface area contributed by atoms with Crippen molar-refractivity contribution in [1.29, 1.82) is 0 Å². The molecule has 0 spiro atoms. The topological polar surface area (TPSA) is 90.0 Å². The Morgan fingerprint density at radius 2 is 1.15 bits per heavy atom. The minimum absolute atomic E-state index is 0.0367. The second kappa shape index (κ2) is 7.67. The van der Waals surface area contributed by atoms with Gasteiger partial charge in [0, 0.05) is 78.6 Å². The van der Waals surface area contributed by atoms with Crippen molar-refractivity contribution in [1.82, 2.24) is 24.7 Å². The highest BCUT2D eigenvalue weighted by atomic mass is 16.2. The predicted octanol–water partition coefficient (Wildman–Crippen LogP) is -0.551. The van der Waals surface area contributed by atoms with Crippen LogP contribution in [0.3, 0.4) is 0 Å². The molecule has 0 bridgehead atoms. The van der Waals surface area contributed by atoms with E-state index >= 15 is 0 Å². The van der Waals surface area contributed by atoms with E-state index in [9.17, 15) is 14.4 Å². The van der Waals surface area contributed by atoms with Gasteiger partial charge in [-0.05, 0) is 0 Å². The maximum absolute atomic E-state index is 12.6. The molecule has 1 aromatic rings. The Balaban J connectivity index is 1.57. The summed E-state index contributed by atoms with van der Waals surface area (Å²) in [5, 5.41) is 0. The van der Waals surface area contributed by atoms with Gasteiger partial charge in [0.15, 0.2) is 0 Å². The van der Waals surface area contributed by atoms with Crippen molar-refractivity contribution < 1.29 is 14.4 Å². The second-order valence-electron chi connectivity index (χ2n) is 6.56. The van der Waals surface area contributed by atoms with Gasteiger partial charge in [0.05, 0.1) is 5.56 Å². The van der Waals surface area contributed by atoms with Crippen LogP contribution in [-0.2, 0) is 9.59 Å². The molecule has 0 radical (unpaired) electrons. The smallest absolute Gasteiger partial charge is 0.257 e. The zero-order valence-corrected chi connectivity index (χ0v) is 15.2. The molecule has 0 aromatic carbocycles. The summed E-state index contributed by atoms with van der Waals surface area (Å²) in [6.45, 7) is 7.93. The molecule has 0 atom stereocenters.